The van der Waals surface area contributed by atoms with E-state index in [2.05, 4.69) is 10.6 Å². The first-order valence-electron chi connectivity index (χ1n) is 6.52. The Balaban J connectivity index is 1.90. The average molecular weight is 285 g/mol. The van der Waals surface area contributed by atoms with Crippen molar-refractivity contribution in [3.63, 3.8) is 0 Å². The first kappa shape index (κ1) is 14.3. The van der Waals surface area contributed by atoms with E-state index in [1.54, 1.807) is 0 Å². The van der Waals surface area contributed by atoms with Crippen molar-refractivity contribution in [3.05, 3.63) is 34.3 Å². The molecule has 0 spiro atoms. The maximum atomic E-state index is 12.0. The smallest absolute Gasteiger partial charge is 0.223 e. The van der Waals surface area contributed by atoms with Crippen molar-refractivity contribution in [1.82, 2.24) is 10.6 Å². The quantitative estimate of drug-likeness (QED) is 0.755. The molecule has 2 rings (SSSR count). The van der Waals surface area contributed by atoms with E-state index in [1.165, 1.54) is 0 Å². The molecule has 1 saturated carbocycles. The summed E-state index contributed by atoms with van der Waals surface area (Å²) >= 11 is 6.10. The Hall–Kier alpha value is -1.13. The molecule has 3 nitrogen and oxygen atoms in total. The number of benzene rings is 1. The molecule has 0 saturated heterocycles. The Morgan fingerprint density at radius 2 is 2.16 bits per heavy atom. The van der Waals surface area contributed by atoms with E-state index in [1.807, 2.05) is 18.2 Å². The van der Waals surface area contributed by atoms with E-state index in [-0.39, 0.29) is 18.5 Å². The summed E-state index contributed by atoms with van der Waals surface area (Å²) in [6.45, 7) is 1.02. The first-order chi connectivity index (χ1) is 9.20. The fraction of sp³-hybridized carbons (Fsp3) is 0.500. The number of nitrogens with one attached hydrogen (secondary N) is 2. The molecule has 1 amide bonds. The van der Waals surface area contributed by atoms with Gasteiger partial charge in [0.1, 0.15) is 6.67 Å². The number of carbonyl (C=O) groups excluding carboxylic acids is 1. The average Bonchev–Trinajstić information content (AvgIpc) is 3.23. The molecule has 0 radical (unpaired) electrons. The molecule has 0 unspecified atom stereocenters. The van der Waals surface area contributed by atoms with Crippen molar-refractivity contribution < 1.29 is 9.18 Å². The Morgan fingerprint density at radius 3 is 2.84 bits per heavy atom. The highest BCUT2D eigenvalue weighted by molar-refractivity contribution is 6.31. The summed E-state index contributed by atoms with van der Waals surface area (Å²) in [5, 5.41) is 6.52. The van der Waals surface area contributed by atoms with E-state index in [9.17, 15) is 9.18 Å². The first-order valence-corrected chi connectivity index (χ1v) is 6.90. The summed E-state index contributed by atoms with van der Waals surface area (Å²) in [6, 6.07) is 5.66. The van der Waals surface area contributed by atoms with Gasteiger partial charge in [-0.05, 0) is 30.0 Å². The van der Waals surface area contributed by atoms with Gasteiger partial charge in [-0.1, -0.05) is 23.7 Å². The Bertz CT molecular complexity index is 449. The third kappa shape index (κ3) is 4.48. The monoisotopic (exact) mass is 284 g/mol. The van der Waals surface area contributed by atoms with Gasteiger partial charge in [0.05, 0.1) is 0 Å². The third-order valence-corrected chi connectivity index (χ3v) is 3.48. The summed E-state index contributed by atoms with van der Waals surface area (Å²) in [4.78, 5) is 11.6. The van der Waals surface area contributed by atoms with Gasteiger partial charge < -0.3 is 10.6 Å². The molecule has 0 heterocycles. The van der Waals surface area contributed by atoms with Gasteiger partial charge in [-0.2, -0.15) is 0 Å². The maximum absolute atomic E-state index is 12.0. The predicted molar refractivity (Wildman–Crippen MR) is 73.7 cm³/mol. The number of halogens is 2. The molecule has 104 valence electrons. The van der Waals surface area contributed by atoms with Crippen LogP contribution in [0.3, 0.4) is 0 Å². The molecule has 1 aliphatic rings. The number of amides is 1. The molecule has 19 heavy (non-hydrogen) atoms. The van der Waals surface area contributed by atoms with E-state index in [0.29, 0.717) is 24.7 Å². The molecule has 0 bridgehead atoms. The largest absolute Gasteiger partial charge is 0.352 e. The van der Waals surface area contributed by atoms with Crippen LogP contribution >= 0.6 is 11.6 Å². The summed E-state index contributed by atoms with van der Waals surface area (Å²) in [6.07, 6.45) is 1.99. The van der Waals surface area contributed by atoms with Gasteiger partial charge in [0.25, 0.3) is 0 Å². The van der Waals surface area contributed by atoms with Crippen molar-refractivity contribution >= 4 is 17.5 Å². The van der Waals surface area contributed by atoms with Crippen LogP contribution in [0.25, 0.3) is 0 Å². The molecule has 1 aromatic carbocycles. The molecule has 0 aliphatic heterocycles. The molecule has 1 fully saturated rings. The van der Waals surface area contributed by atoms with Crippen molar-refractivity contribution in [2.24, 2.45) is 5.92 Å². The summed E-state index contributed by atoms with van der Waals surface area (Å²) in [5.41, 5.74) is 1.93. The fourth-order valence-electron chi connectivity index (χ4n) is 1.85. The molecule has 2 N–H and O–H groups in total. The lowest BCUT2D eigenvalue weighted by Crippen LogP contribution is -2.24. The van der Waals surface area contributed by atoms with Crippen LogP contribution in [0.4, 0.5) is 4.39 Å². The second-order valence-corrected chi connectivity index (χ2v) is 5.19. The van der Waals surface area contributed by atoms with Crippen molar-refractivity contribution in [2.45, 2.75) is 25.9 Å². The van der Waals surface area contributed by atoms with Crippen LogP contribution in [0.5, 0.6) is 0 Å². The van der Waals surface area contributed by atoms with Crippen LogP contribution in [-0.4, -0.2) is 19.1 Å². The number of alkyl halides is 1. The number of hydrogen-bond donors (Lipinski definition) is 2. The highest BCUT2D eigenvalue weighted by Crippen LogP contribution is 2.29. The van der Waals surface area contributed by atoms with Gasteiger partial charge in [0, 0.05) is 30.6 Å². The standard InChI is InChI=1S/C14H18ClFN2O/c15-13-4-1-10(8-17-6-5-16)7-12(13)9-18-14(19)11-2-3-11/h1,4,7,11,17H,2-3,5-6,8-9H2,(H,18,19). The predicted octanol–water partition coefficient (Wildman–Crippen LogP) is 2.43. The molecule has 0 atom stereocenters. The van der Waals surface area contributed by atoms with E-state index in [4.69, 9.17) is 11.6 Å². The zero-order valence-electron chi connectivity index (χ0n) is 10.7. The van der Waals surface area contributed by atoms with Crippen LogP contribution in [0, 0.1) is 5.92 Å². The minimum absolute atomic E-state index is 0.108. The normalized spacial score (nSPS) is 14.4. The van der Waals surface area contributed by atoms with Gasteiger partial charge in [0.2, 0.25) is 5.91 Å². The van der Waals surface area contributed by atoms with Crippen LogP contribution < -0.4 is 10.6 Å². The molecule has 1 aliphatic carbocycles. The number of carbonyl (C=O) groups is 1. The lowest BCUT2D eigenvalue weighted by atomic mass is 10.1. The molecule has 1 aromatic rings. The maximum Gasteiger partial charge on any atom is 0.223 e. The van der Waals surface area contributed by atoms with Gasteiger partial charge >= 0.3 is 0 Å². The second-order valence-electron chi connectivity index (χ2n) is 4.78. The highest BCUT2D eigenvalue weighted by atomic mass is 35.5. The molecular weight excluding hydrogens is 267 g/mol. The molecule has 0 aromatic heterocycles. The van der Waals surface area contributed by atoms with Crippen LogP contribution in [-0.2, 0) is 17.9 Å². The van der Waals surface area contributed by atoms with Crippen LogP contribution in [0.2, 0.25) is 5.02 Å². The lowest BCUT2D eigenvalue weighted by molar-refractivity contribution is -0.122. The highest BCUT2D eigenvalue weighted by Gasteiger charge is 2.29. The van der Waals surface area contributed by atoms with Gasteiger partial charge in [-0.25, -0.2) is 4.39 Å². The Morgan fingerprint density at radius 1 is 1.37 bits per heavy atom. The fourth-order valence-corrected chi connectivity index (χ4v) is 2.03. The number of rotatable bonds is 7. The summed E-state index contributed by atoms with van der Waals surface area (Å²) in [7, 11) is 0. The SMILES string of the molecule is O=C(NCc1cc(CNCCF)ccc1Cl)C1CC1. The Labute approximate surface area is 117 Å². The van der Waals surface area contributed by atoms with Gasteiger partial charge in [-0.3, -0.25) is 4.79 Å². The van der Waals surface area contributed by atoms with Crippen molar-refractivity contribution in [1.29, 1.82) is 0 Å². The van der Waals surface area contributed by atoms with Crippen LogP contribution in [0.15, 0.2) is 18.2 Å². The third-order valence-electron chi connectivity index (χ3n) is 3.11. The van der Waals surface area contributed by atoms with Crippen molar-refractivity contribution in [2.75, 3.05) is 13.2 Å². The molecule has 5 heteroatoms. The summed E-state index contributed by atoms with van der Waals surface area (Å²) in [5.74, 6) is 0.310. The van der Waals surface area contributed by atoms with E-state index >= 15 is 0 Å². The second kappa shape index (κ2) is 6.87. The van der Waals surface area contributed by atoms with Crippen LogP contribution in [0.1, 0.15) is 24.0 Å². The topological polar surface area (TPSA) is 41.1 Å². The lowest BCUT2D eigenvalue weighted by Gasteiger charge is -2.09. The number of hydrogen-bond acceptors (Lipinski definition) is 2. The summed E-state index contributed by atoms with van der Waals surface area (Å²) < 4.78 is 12.0. The zero-order chi connectivity index (χ0) is 13.7. The van der Waals surface area contributed by atoms with E-state index < -0.39 is 0 Å². The van der Waals surface area contributed by atoms with Gasteiger partial charge in [0.15, 0.2) is 0 Å². The van der Waals surface area contributed by atoms with E-state index in [0.717, 1.165) is 24.0 Å². The minimum Gasteiger partial charge on any atom is -0.352 e. The van der Waals surface area contributed by atoms with Gasteiger partial charge in [-0.15, -0.1) is 0 Å². The minimum atomic E-state index is -0.377. The Kier molecular flexibility index (Phi) is 5.16. The molecular formula is C14H18ClFN2O. The zero-order valence-corrected chi connectivity index (χ0v) is 11.5. The van der Waals surface area contributed by atoms with Crippen molar-refractivity contribution in [3.8, 4) is 0 Å².